The topological polar surface area (TPSA) is 99.2 Å². The predicted octanol–water partition coefficient (Wildman–Crippen LogP) is -0.0956. The van der Waals surface area contributed by atoms with Gasteiger partial charge in [-0.05, 0) is 6.92 Å². The molecule has 1 aromatic heterocycles. The summed E-state index contributed by atoms with van der Waals surface area (Å²) in [6.07, 6.45) is 1.64. The molecule has 4 N–H and O–H groups in total. The third-order valence-corrected chi connectivity index (χ3v) is 2.19. The van der Waals surface area contributed by atoms with Gasteiger partial charge in [-0.3, -0.25) is 5.32 Å². The Morgan fingerprint density at radius 3 is 3.25 bits per heavy atom. The first-order chi connectivity index (χ1) is 7.69. The van der Waals surface area contributed by atoms with Crippen LogP contribution in [0.3, 0.4) is 0 Å². The Morgan fingerprint density at radius 1 is 1.69 bits per heavy atom. The number of nitrogens with zero attached hydrogens (tertiary/aromatic N) is 2. The maximum atomic E-state index is 11.1. The van der Waals surface area contributed by atoms with Crippen molar-refractivity contribution < 1.29 is 9.90 Å². The van der Waals surface area contributed by atoms with E-state index in [9.17, 15) is 4.79 Å². The van der Waals surface area contributed by atoms with Crippen molar-refractivity contribution in [3.63, 3.8) is 0 Å². The van der Waals surface area contributed by atoms with Gasteiger partial charge in [-0.15, -0.1) is 0 Å². The maximum Gasteiger partial charge on any atom is 0.320 e. The Morgan fingerprint density at radius 2 is 2.50 bits per heavy atom. The van der Waals surface area contributed by atoms with Crippen LogP contribution in [0.4, 0.5) is 16.6 Å². The molecule has 1 aromatic rings. The second-order valence-electron chi connectivity index (χ2n) is 3.60. The van der Waals surface area contributed by atoms with Gasteiger partial charge in [0.2, 0.25) is 5.95 Å². The SMILES string of the molecule is C[C@H](CO)Nc1ncc2c(n1)NC(=O)NC2. The molecule has 0 radical (unpaired) electrons. The second kappa shape index (κ2) is 4.31. The fraction of sp³-hybridized carbons (Fsp3) is 0.444. The van der Waals surface area contributed by atoms with Crippen LogP contribution in [-0.4, -0.2) is 33.8 Å². The minimum absolute atomic E-state index is 0.00560. The van der Waals surface area contributed by atoms with Gasteiger partial charge in [0.15, 0.2) is 0 Å². The largest absolute Gasteiger partial charge is 0.394 e. The van der Waals surface area contributed by atoms with Crippen molar-refractivity contribution in [3.05, 3.63) is 11.8 Å². The first kappa shape index (κ1) is 10.6. The van der Waals surface area contributed by atoms with Crippen molar-refractivity contribution in [2.75, 3.05) is 17.2 Å². The van der Waals surface area contributed by atoms with E-state index in [1.807, 2.05) is 6.92 Å². The molecule has 86 valence electrons. The Bertz CT molecular complexity index is 409. The van der Waals surface area contributed by atoms with E-state index in [1.54, 1.807) is 6.20 Å². The number of rotatable bonds is 3. The van der Waals surface area contributed by atoms with Crippen molar-refractivity contribution in [1.82, 2.24) is 15.3 Å². The van der Waals surface area contributed by atoms with Gasteiger partial charge in [0.05, 0.1) is 6.61 Å². The summed E-state index contributed by atoms with van der Waals surface area (Å²) in [5.41, 5.74) is 0.835. The smallest absolute Gasteiger partial charge is 0.320 e. The lowest BCUT2D eigenvalue weighted by molar-refractivity contribution is 0.250. The lowest BCUT2D eigenvalue weighted by Gasteiger charge is -2.18. The van der Waals surface area contributed by atoms with Crippen LogP contribution in [0.5, 0.6) is 0 Å². The number of urea groups is 1. The average molecular weight is 223 g/mol. The number of hydrogen-bond acceptors (Lipinski definition) is 5. The molecule has 0 saturated heterocycles. The van der Waals surface area contributed by atoms with Crippen LogP contribution in [0.1, 0.15) is 12.5 Å². The van der Waals surface area contributed by atoms with E-state index in [-0.39, 0.29) is 18.7 Å². The molecule has 0 aliphatic carbocycles. The van der Waals surface area contributed by atoms with Gasteiger partial charge in [-0.1, -0.05) is 0 Å². The van der Waals surface area contributed by atoms with Crippen LogP contribution >= 0.6 is 0 Å². The molecular weight excluding hydrogens is 210 g/mol. The quantitative estimate of drug-likeness (QED) is 0.573. The van der Waals surface area contributed by atoms with Crippen molar-refractivity contribution in [3.8, 4) is 0 Å². The van der Waals surface area contributed by atoms with Gasteiger partial charge in [0.1, 0.15) is 5.82 Å². The van der Waals surface area contributed by atoms with E-state index in [1.165, 1.54) is 0 Å². The van der Waals surface area contributed by atoms with Gasteiger partial charge < -0.3 is 15.7 Å². The van der Waals surface area contributed by atoms with Gasteiger partial charge >= 0.3 is 6.03 Å². The summed E-state index contributed by atoms with van der Waals surface area (Å²) >= 11 is 0. The van der Waals surface area contributed by atoms with Gasteiger partial charge in [-0.2, -0.15) is 4.98 Å². The molecule has 0 unspecified atom stereocenters. The standard InChI is InChI=1S/C9H13N5O2/c1-5(4-15)12-8-10-2-6-3-11-9(16)14-7(6)13-8/h2,5,15H,3-4H2,1H3,(H3,10,11,12,13,14,16)/t5-/m1/s1. The van der Waals surface area contributed by atoms with Crippen LogP contribution in [0, 0.1) is 0 Å². The van der Waals surface area contributed by atoms with Gasteiger partial charge in [0.25, 0.3) is 0 Å². The highest BCUT2D eigenvalue weighted by atomic mass is 16.3. The number of carbonyl (C=O) groups is 1. The van der Waals surface area contributed by atoms with Crippen LogP contribution in [0.25, 0.3) is 0 Å². The zero-order valence-corrected chi connectivity index (χ0v) is 8.82. The highest BCUT2D eigenvalue weighted by Gasteiger charge is 2.16. The molecule has 0 aromatic carbocycles. The predicted molar refractivity (Wildman–Crippen MR) is 58.1 cm³/mol. The van der Waals surface area contributed by atoms with E-state index in [2.05, 4.69) is 25.9 Å². The second-order valence-corrected chi connectivity index (χ2v) is 3.60. The third kappa shape index (κ3) is 2.19. The summed E-state index contributed by atoms with van der Waals surface area (Å²) < 4.78 is 0. The zero-order chi connectivity index (χ0) is 11.5. The third-order valence-electron chi connectivity index (χ3n) is 2.19. The molecule has 16 heavy (non-hydrogen) atoms. The summed E-state index contributed by atoms with van der Waals surface area (Å²) in [6, 6.07) is -0.400. The molecule has 1 aliphatic heterocycles. The summed E-state index contributed by atoms with van der Waals surface area (Å²) in [4.78, 5) is 19.3. The highest BCUT2D eigenvalue weighted by Crippen LogP contribution is 2.16. The number of fused-ring (bicyclic) bond motifs is 1. The molecule has 2 rings (SSSR count). The maximum absolute atomic E-state index is 11.1. The summed E-state index contributed by atoms with van der Waals surface area (Å²) in [6.45, 7) is 2.23. The van der Waals surface area contributed by atoms with Gasteiger partial charge in [-0.25, -0.2) is 9.78 Å². The average Bonchev–Trinajstić information content (AvgIpc) is 2.28. The number of carbonyl (C=O) groups excluding carboxylic acids is 1. The highest BCUT2D eigenvalue weighted by molar-refractivity contribution is 5.91. The van der Waals surface area contributed by atoms with E-state index in [4.69, 9.17) is 5.11 Å². The molecule has 2 heterocycles. The molecule has 2 amide bonds. The molecule has 7 nitrogen and oxygen atoms in total. The van der Waals surface area contributed by atoms with Crippen molar-refractivity contribution in [2.45, 2.75) is 19.5 Å². The number of nitrogens with one attached hydrogen (secondary N) is 3. The Hall–Kier alpha value is -1.89. The minimum atomic E-state index is -0.271. The van der Waals surface area contributed by atoms with Crippen LogP contribution < -0.4 is 16.0 Å². The molecule has 0 fully saturated rings. The van der Waals surface area contributed by atoms with E-state index in [0.717, 1.165) is 5.56 Å². The molecule has 1 aliphatic rings. The number of aliphatic hydroxyl groups is 1. The number of hydrogen-bond donors (Lipinski definition) is 4. The molecule has 0 saturated carbocycles. The minimum Gasteiger partial charge on any atom is -0.394 e. The van der Waals surface area contributed by atoms with Crippen LogP contribution in [0.2, 0.25) is 0 Å². The number of aliphatic hydroxyl groups excluding tert-OH is 1. The van der Waals surface area contributed by atoms with Crippen LogP contribution in [0.15, 0.2) is 6.20 Å². The van der Waals surface area contributed by atoms with E-state index >= 15 is 0 Å². The first-order valence-corrected chi connectivity index (χ1v) is 4.97. The number of anilines is 2. The zero-order valence-electron chi connectivity index (χ0n) is 8.82. The van der Waals surface area contributed by atoms with Crippen molar-refractivity contribution in [1.29, 1.82) is 0 Å². The molecule has 0 bridgehead atoms. The molecule has 7 heteroatoms. The fourth-order valence-electron chi connectivity index (χ4n) is 1.31. The molecular formula is C9H13N5O2. The van der Waals surface area contributed by atoms with Crippen molar-refractivity contribution >= 4 is 17.8 Å². The molecule has 0 spiro atoms. The summed E-state index contributed by atoms with van der Waals surface area (Å²) in [5.74, 6) is 0.897. The Balaban J connectivity index is 2.18. The first-order valence-electron chi connectivity index (χ1n) is 4.97. The number of amides is 2. The lowest BCUT2D eigenvalue weighted by Crippen LogP contribution is -2.34. The normalized spacial score (nSPS) is 15.8. The van der Waals surface area contributed by atoms with Crippen LogP contribution in [-0.2, 0) is 6.54 Å². The fourth-order valence-corrected chi connectivity index (χ4v) is 1.31. The monoisotopic (exact) mass is 223 g/mol. The Kier molecular flexibility index (Phi) is 2.86. The Labute approximate surface area is 92.3 Å². The van der Waals surface area contributed by atoms with Gasteiger partial charge in [0, 0.05) is 24.3 Å². The summed E-state index contributed by atoms with van der Waals surface area (Å²) in [5, 5.41) is 17.0. The van der Waals surface area contributed by atoms with E-state index < -0.39 is 0 Å². The van der Waals surface area contributed by atoms with E-state index in [0.29, 0.717) is 18.3 Å². The van der Waals surface area contributed by atoms with Crippen molar-refractivity contribution in [2.24, 2.45) is 0 Å². The molecule has 1 atom stereocenters. The number of aromatic nitrogens is 2. The lowest BCUT2D eigenvalue weighted by atomic mass is 10.3. The summed E-state index contributed by atoms with van der Waals surface area (Å²) in [7, 11) is 0.